The molecule has 1 amide bonds. The van der Waals surface area contributed by atoms with Gasteiger partial charge in [-0.2, -0.15) is 13.1 Å². The lowest BCUT2D eigenvalue weighted by Crippen LogP contribution is -2.55. The third-order valence-electron chi connectivity index (χ3n) is 3.25. The van der Waals surface area contributed by atoms with Crippen molar-refractivity contribution in [2.75, 3.05) is 5.73 Å². The summed E-state index contributed by atoms with van der Waals surface area (Å²) >= 11 is 0.922. The van der Waals surface area contributed by atoms with Crippen LogP contribution in [0, 0.1) is 0 Å². The molecule has 2 atom stereocenters. The van der Waals surface area contributed by atoms with Crippen molar-refractivity contribution in [1.82, 2.24) is 15.0 Å². The largest absolute Gasteiger partial charge is 0.480 e. The molecule has 7 N–H and O–H groups in total. The number of oxime groups is 1. The van der Waals surface area contributed by atoms with E-state index in [-0.39, 0.29) is 10.8 Å². The van der Waals surface area contributed by atoms with Crippen LogP contribution in [-0.2, 0) is 29.5 Å². The Hall–Kier alpha value is -2.82. The van der Waals surface area contributed by atoms with Crippen molar-refractivity contribution in [2.24, 2.45) is 5.16 Å². The van der Waals surface area contributed by atoms with Crippen LogP contribution in [0.4, 0.5) is 5.13 Å². The summed E-state index contributed by atoms with van der Waals surface area (Å²) in [6.07, 6.45) is 0. The van der Waals surface area contributed by atoms with Crippen molar-refractivity contribution in [3.05, 3.63) is 11.1 Å². The van der Waals surface area contributed by atoms with Crippen LogP contribution < -0.4 is 15.8 Å². The fourth-order valence-corrected chi connectivity index (χ4v) is 2.87. The maximum absolute atomic E-state index is 12.6. The maximum Gasteiger partial charge on any atom is 0.350 e. The number of carbonyl (C=O) groups excluding carboxylic acids is 1. The van der Waals surface area contributed by atoms with Crippen molar-refractivity contribution in [2.45, 2.75) is 38.5 Å². The van der Waals surface area contributed by atoms with Gasteiger partial charge in [0.1, 0.15) is 11.7 Å². The van der Waals surface area contributed by atoms with Crippen molar-refractivity contribution >= 4 is 50.3 Å². The van der Waals surface area contributed by atoms with Crippen molar-refractivity contribution in [3.63, 3.8) is 0 Å². The van der Waals surface area contributed by atoms with Crippen molar-refractivity contribution < 1.29 is 42.4 Å². The van der Waals surface area contributed by atoms with Crippen molar-refractivity contribution in [3.8, 4) is 0 Å². The summed E-state index contributed by atoms with van der Waals surface area (Å²) in [5.41, 5.74) is 2.93. The Balaban J connectivity index is 3.22. The van der Waals surface area contributed by atoms with Crippen LogP contribution in [0.3, 0.4) is 0 Å². The Morgan fingerprint density at radius 3 is 2.34 bits per heavy atom. The van der Waals surface area contributed by atoms with E-state index in [1.165, 1.54) is 5.38 Å². The average Bonchev–Trinajstić information content (AvgIpc) is 2.96. The fourth-order valence-electron chi connectivity index (χ4n) is 1.71. The first kappa shape index (κ1) is 24.2. The number of carboxylic acids is 2. The number of hydrogen-bond acceptors (Lipinski definition) is 10. The molecule has 16 heteroatoms. The van der Waals surface area contributed by atoms with E-state index in [0.29, 0.717) is 0 Å². The molecular weight excluding hydrogens is 434 g/mol. The Morgan fingerprint density at radius 1 is 1.34 bits per heavy atom. The fraction of sp³-hybridized carbons (Fsp3) is 0.462. The highest BCUT2D eigenvalue weighted by atomic mass is 32.2. The number of anilines is 1. The molecule has 1 heterocycles. The average molecular weight is 453 g/mol. The van der Waals surface area contributed by atoms with Gasteiger partial charge in [-0.1, -0.05) is 5.16 Å². The van der Waals surface area contributed by atoms with Gasteiger partial charge in [-0.05, 0) is 20.8 Å². The minimum Gasteiger partial charge on any atom is -0.480 e. The van der Waals surface area contributed by atoms with Crippen LogP contribution in [0.1, 0.15) is 26.5 Å². The number of nitrogens with zero attached hydrogens (tertiary/aromatic N) is 2. The maximum atomic E-state index is 12.6. The zero-order chi connectivity index (χ0) is 22.6. The molecule has 0 saturated heterocycles. The molecule has 1 aromatic heterocycles. The predicted molar refractivity (Wildman–Crippen MR) is 99.6 cm³/mol. The van der Waals surface area contributed by atoms with Gasteiger partial charge in [0.05, 0.1) is 6.04 Å². The number of aliphatic carboxylic acids is 2. The first-order chi connectivity index (χ1) is 13.1. The Bertz CT molecular complexity index is 925. The second kappa shape index (κ2) is 9.12. The molecule has 14 nitrogen and oxygen atoms in total. The molecule has 1 rings (SSSR count). The number of nitrogens with one attached hydrogen (secondary N) is 2. The molecule has 0 spiro atoms. The van der Waals surface area contributed by atoms with Gasteiger partial charge in [0, 0.05) is 5.38 Å². The molecule has 29 heavy (non-hydrogen) atoms. The number of nitrogen functional groups attached to an aromatic ring is 1. The second-order valence-corrected chi connectivity index (χ2v) is 8.16. The highest BCUT2D eigenvalue weighted by Gasteiger charge is 2.33. The normalized spacial score (nSPS) is 14.7. The summed E-state index contributed by atoms with van der Waals surface area (Å²) < 4.78 is 32.2. The summed E-state index contributed by atoms with van der Waals surface area (Å²) in [7, 11) is -4.76. The van der Waals surface area contributed by atoms with Gasteiger partial charge in [-0.15, -0.1) is 11.3 Å². The lowest BCUT2D eigenvalue weighted by Gasteiger charge is -2.21. The van der Waals surface area contributed by atoms with E-state index in [4.69, 9.17) is 20.2 Å². The number of carboxylic acid groups (broad SMARTS) is 2. The predicted octanol–water partition coefficient (Wildman–Crippen LogP) is -1.34. The molecule has 1 aromatic rings. The number of amides is 1. The minimum absolute atomic E-state index is 0.0363. The molecule has 0 aromatic carbocycles. The SMILES string of the molecule is CC(NS(=O)(=O)O)C(NC(=O)C(=NOC(C)(C)C(=O)O)c1csc(N)n1)C(=O)O. The quantitative estimate of drug-likeness (QED) is 0.138. The van der Waals surface area contributed by atoms with E-state index in [1.807, 2.05) is 5.32 Å². The van der Waals surface area contributed by atoms with Crippen LogP contribution in [0.5, 0.6) is 0 Å². The van der Waals surface area contributed by atoms with Gasteiger partial charge in [0.15, 0.2) is 10.8 Å². The van der Waals surface area contributed by atoms with Crippen LogP contribution >= 0.6 is 11.3 Å². The first-order valence-corrected chi connectivity index (χ1v) is 9.95. The summed E-state index contributed by atoms with van der Waals surface area (Å²) in [4.78, 5) is 43.8. The zero-order valence-electron chi connectivity index (χ0n) is 15.3. The van der Waals surface area contributed by atoms with Crippen molar-refractivity contribution in [1.29, 1.82) is 0 Å². The Kier molecular flexibility index (Phi) is 7.62. The van der Waals surface area contributed by atoms with Crippen LogP contribution in [-0.4, -0.2) is 69.4 Å². The van der Waals surface area contributed by atoms with Crippen LogP contribution in [0.25, 0.3) is 0 Å². The van der Waals surface area contributed by atoms with E-state index < -0.39 is 51.5 Å². The molecule has 0 aliphatic rings. The van der Waals surface area contributed by atoms with Gasteiger partial charge in [0.2, 0.25) is 5.60 Å². The molecule has 0 bridgehead atoms. The lowest BCUT2D eigenvalue weighted by molar-refractivity contribution is -0.161. The smallest absolute Gasteiger partial charge is 0.350 e. The lowest BCUT2D eigenvalue weighted by atomic mass is 10.1. The number of hydrogen-bond donors (Lipinski definition) is 6. The topological polar surface area (TPSA) is 231 Å². The van der Waals surface area contributed by atoms with E-state index in [9.17, 15) is 27.9 Å². The third-order valence-corrected chi connectivity index (χ3v) is 4.59. The van der Waals surface area contributed by atoms with Gasteiger partial charge < -0.3 is 26.1 Å². The standard InChI is InChI=1S/C13H19N5O9S2/c1-5(18-29(24,25)26)7(10(20)21)16-9(19)8(6-4-28-12(14)15-6)17-27-13(2,3)11(22)23/h4-5,7,18H,1-3H3,(H2,14,15)(H,16,19)(H,20,21)(H,22,23)(H,24,25,26). The minimum atomic E-state index is -4.76. The molecule has 0 aliphatic heterocycles. The summed E-state index contributed by atoms with van der Waals surface area (Å²) in [6.45, 7) is 3.39. The molecule has 0 saturated carbocycles. The first-order valence-electron chi connectivity index (χ1n) is 7.63. The summed E-state index contributed by atoms with van der Waals surface area (Å²) in [6, 6.07) is -3.30. The highest BCUT2D eigenvalue weighted by Crippen LogP contribution is 2.15. The Labute approximate surface area is 168 Å². The molecule has 162 valence electrons. The van der Waals surface area contributed by atoms with Gasteiger partial charge in [0.25, 0.3) is 5.91 Å². The molecule has 0 fully saturated rings. The molecule has 2 unspecified atom stereocenters. The van der Waals surface area contributed by atoms with E-state index in [0.717, 1.165) is 32.1 Å². The van der Waals surface area contributed by atoms with Gasteiger partial charge in [-0.3, -0.25) is 9.35 Å². The summed E-state index contributed by atoms with van der Waals surface area (Å²) in [5, 5.41) is 25.1. The number of thiazole rings is 1. The van der Waals surface area contributed by atoms with E-state index in [1.54, 1.807) is 4.72 Å². The summed E-state index contributed by atoms with van der Waals surface area (Å²) in [5.74, 6) is -4.20. The van der Waals surface area contributed by atoms with Gasteiger partial charge in [-0.25, -0.2) is 14.6 Å². The highest BCUT2D eigenvalue weighted by molar-refractivity contribution is 7.83. The molecule has 0 aliphatic carbocycles. The number of nitrogens with two attached hydrogens (primary N) is 1. The Morgan fingerprint density at radius 2 is 1.93 bits per heavy atom. The second-order valence-electron chi connectivity index (χ2n) is 6.09. The number of aromatic nitrogens is 1. The van der Waals surface area contributed by atoms with E-state index in [2.05, 4.69) is 10.1 Å². The molecular formula is C13H19N5O9S2. The van der Waals surface area contributed by atoms with Crippen LogP contribution in [0.2, 0.25) is 0 Å². The number of carbonyl (C=O) groups is 3. The number of rotatable bonds is 10. The third kappa shape index (κ3) is 7.26. The monoisotopic (exact) mass is 453 g/mol. The van der Waals surface area contributed by atoms with Crippen LogP contribution in [0.15, 0.2) is 10.5 Å². The van der Waals surface area contributed by atoms with E-state index >= 15 is 0 Å². The van der Waals surface area contributed by atoms with Gasteiger partial charge >= 0.3 is 22.2 Å². The molecule has 0 radical (unpaired) electrons. The zero-order valence-corrected chi connectivity index (χ0v) is 16.9.